The molecule has 0 bridgehead atoms. The van der Waals surface area contributed by atoms with Crippen LogP contribution in [-0.2, 0) is 16.6 Å². The van der Waals surface area contributed by atoms with Crippen LogP contribution in [0.2, 0.25) is 5.02 Å². The van der Waals surface area contributed by atoms with Crippen LogP contribution in [-0.4, -0.2) is 45.5 Å². The molecule has 0 radical (unpaired) electrons. The van der Waals surface area contributed by atoms with Crippen LogP contribution < -0.4 is 10.1 Å². The Morgan fingerprint density at radius 2 is 1.76 bits per heavy atom. The summed E-state index contributed by atoms with van der Waals surface area (Å²) in [7, 11) is -1.13. The molecule has 0 fully saturated rings. The van der Waals surface area contributed by atoms with Crippen LogP contribution in [0.3, 0.4) is 0 Å². The lowest BCUT2D eigenvalue weighted by molar-refractivity contribution is -0.153. The Labute approximate surface area is 171 Å². The Morgan fingerprint density at radius 3 is 2.31 bits per heavy atom. The normalized spacial score (nSPS) is 12.1. The molecule has 0 saturated heterocycles. The highest BCUT2D eigenvalue weighted by molar-refractivity contribution is 7.89. The lowest BCUT2D eigenvalue weighted by Crippen LogP contribution is -2.25. The zero-order chi connectivity index (χ0) is 21.8. The van der Waals surface area contributed by atoms with Crippen molar-refractivity contribution < 1.29 is 31.1 Å². The zero-order valence-corrected chi connectivity index (χ0v) is 17.0. The number of alkyl halides is 3. The number of rotatable bonds is 7. The minimum Gasteiger partial charge on any atom is -0.484 e. The first-order valence-electron chi connectivity index (χ1n) is 8.19. The first kappa shape index (κ1) is 23.0. The number of halogens is 4. The van der Waals surface area contributed by atoms with Crippen LogP contribution in [0, 0.1) is 0 Å². The van der Waals surface area contributed by atoms with Crippen LogP contribution in [0.5, 0.6) is 5.75 Å². The van der Waals surface area contributed by atoms with Crippen molar-refractivity contribution in [2.45, 2.75) is 17.6 Å². The maximum absolute atomic E-state index is 12.3. The van der Waals surface area contributed by atoms with Crippen LogP contribution in [0.4, 0.5) is 13.2 Å². The molecule has 1 amide bonds. The number of amides is 1. The SMILES string of the molecule is CN(C)S(=O)(=O)c1cc(C(=O)NCc2ccc(OCC(F)(F)F)cc2)ccc1Cl. The Bertz CT molecular complexity index is 978. The number of nitrogens with zero attached hydrogens (tertiary/aromatic N) is 1. The summed E-state index contributed by atoms with van der Waals surface area (Å²) in [6, 6.07) is 9.63. The molecule has 0 saturated carbocycles. The van der Waals surface area contributed by atoms with Gasteiger partial charge in [0.2, 0.25) is 10.0 Å². The number of benzene rings is 2. The summed E-state index contributed by atoms with van der Waals surface area (Å²) in [5, 5.41) is 2.60. The van der Waals surface area contributed by atoms with Gasteiger partial charge in [0.05, 0.1) is 5.02 Å². The standard InChI is InChI=1S/C18H18ClF3N2O4S/c1-24(2)29(26,27)16-9-13(5-8-15(16)19)17(25)23-10-12-3-6-14(7-4-12)28-11-18(20,21)22/h3-9H,10-11H2,1-2H3,(H,23,25). The fourth-order valence-electron chi connectivity index (χ4n) is 2.19. The summed E-state index contributed by atoms with van der Waals surface area (Å²) >= 11 is 5.95. The molecule has 2 aromatic carbocycles. The van der Waals surface area contributed by atoms with Crippen molar-refractivity contribution in [3.05, 3.63) is 58.6 Å². The number of ether oxygens (including phenoxy) is 1. The van der Waals surface area contributed by atoms with E-state index in [0.29, 0.717) is 5.56 Å². The van der Waals surface area contributed by atoms with Crippen molar-refractivity contribution in [2.75, 3.05) is 20.7 Å². The van der Waals surface area contributed by atoms with E-state index in [-0.39, 0.29) is 27.8 Å². The molecule has 6 nitrogen and oxygen atoms in total. The molecule has 0 aliphatic rings. The van der Waals surface area contributed by atoms with Crippen LogP contribution in [0.25, 0.3) is 0 Å². The van der Waals surface area contributed by atoms with Gasteiger partial charge in [0.25, 0.3) is 5.91 Å². The smallest absolute Gasteiger partial charge is 0.422 e. The van der Waals surface area contributed by atoms with E-state index >= 15 is 0 Å². The zero-order valence-electron chi connectivity index (χ0n) is 15.5. The van der Waals surface area contributed by atoms with Crippen LogP contribution in [0.15, 0.2) is 47.4 Å². The summed E-state index contributed by atoms with van der Waals surface area (Å²) in [5.74, 6) is -0.483. The van der Waals surface area contributed by atoms with Gasteiger partial charge in [0.15, 0.2) is 6.61 Å². The summed E-state index contributed by atoms with van der Waals surface area (Å²) in [6.07, 6.45) is -4.43. The van der Waals surface area contributed by atoms with Gasteiger partial charge < -0.3 is 10.1 Å². The average molecular weight is 451 g/mol. The van der Waals surface area contributed by atoms with E-state index in [9.17, 15) is 26.4 Å². The fourth-order valence-corrected chi connectivity index (χ4v) is 3.59. The lowest BCUT2D eigenvalue weighted by atomic mass is 10.2. The summed E-state index contributed by atoms with van der Waals surface area (Å²) < 4.78 is 66.6. The Morgan fingerprint density at radius 1 is 1.14 bits per heavy atom. The molecule has 158 valence electrons. The number of sulfonamides is 1. The summed E-state index contributed by atoms with van der Waals surface area (Å²) in [6.45, 7) is -1.31. The van der Waals surface area contributed by atoms with E-state index in [4.69, 9.17) is 11.6 Å². The van der Waals surface area contributed by atoms with Gasteiger partial charge in [0.1, 0.15) is 10.6 Å². The molecule has 0 aliphatic heterocycles. The monoisotopic (exact) mass is 450 g/mol. The van der Waals surface area contributed by atoms with E-state index in [0.717, 1.165) is 4.31 Å². The molecular formula is C18H18ClF3N2O4S. The van der Waals surface area contributed by atoms with Gasteiger partial charge in [-0.2, -0.15) is 13.2 Å². The number of carbonyl (C=O) groups excluding carboxylic acids is 1. The summed E-state index contributed by atoms with van der Waals surface area (Å²) in [5.41, 5.74) is 0.716. The maximum Gasteiger partial charge on any atom is 0.422 e. The Hall–Kier alpha value is -2.30. The quantitative estimate of drug-likeness (QED) is 0.701. The van der Waals surface area contributed by atoms with Gasteiger partial charge >= 0.3 is 6.18 Å². The maximum atomic E-state index is 12.3. The van der Waals surface area contributed by atoms with E-state index in [1.807, 2.05) is 0 Å². The van der Waals surface area contributed by atoms with Gasteiger partial charge in [-0.3, -0.25) is 4.79 Å². The topological polar surface area (TPSA) is 75.7 Å². The molecule has 0 unspecified atom stereocenters. The number of hydrogen-bond acceptors (Lipinski definition) is 4. The third kappa shape index (κ3) is 6.34. The second-order valence-corrected chi connectivity index (χ2v) is 8.69. The van der Waals surface area contributed by atoms with Crippen LogP contribution >= 0.6 is 11.6 Å². The van der Waals surface area contributed by atoms with Crippen molar-refractivity contribution in [3.63, 3.8) is 0 Å². The molecule has 1 N–H and O–H groups in total. The molecule has 29 heavy (non-hydrogen) atoms. The van der Waals surface area contributed by atoms with Crippen molar-refractivity contribution in [3.8, 4) is 5.75 Å². The average Bonchev–Trinajstić information content (AvgIpc) is 2.64. The van der Waals surface area contributed by atoms with Crippen molar-refractivity contribution in [1.29, 1.82) is 0 Å². The molecule has 11 heteroatoms. The first-order valence-corrected chi connectivity index (χ1v) is 10.0. The van der Waals surface area contributed by atoms with E-state index in [1.54, 1.807) is 0 Å². The second kappa shape index (κ2) is 9.02. The fraction of sp³-hybridized carbons (Fsp3) is 0.278. The number of carbonyl (C=O) groups is 1. The third-order valence-electron chi connectivity index (χ3n) is 3.73. The molecule has 0 atom stereocenters. The second-order valence-electron chi connectivity index (χ2n) is 6.16. The molecule has 0 aromatic heterocycles. The van der Waals surface area contributed by atoms with Gasteiger partial charge in [-0.15, -0.1) is 0 Å². The Balaban J connectivity index is 2.04. The van der Waals surface area contributed by atoms with E-state index in [2.05, 4.69) is 10.1 Å². The largest absolute Gasteiger partial charge is 0.484 e. The van der Waals surface area contributed by atoms with Crippen molar-refractivity contribution in [2.24, 2.45) is 0 Å². The molecule has 0 aliphatic carbocycles. The molecular weight excluding hydrogens is 433 g/mol. The van der Waals surface area contributed by atoms with E-state index in [1.165, 1.54) is 56.6 Å². The highest BCUT2D eigenvalue weighted by Gasteiger charge is 2.28. The van der Waals surface area contributed by atoms with Crippen LogP contribution in [0.1, 0.15) is 15.9 Å². The molecule has 0 heterocycles. The van der Waals surface area contributed by atoms with Gasteiger partial charge in [-0.05, 0) is 35.9 Å². The van der Waals surface area contributed by atoms with Gasteiger partial charge in [-0.1, -0.05) is 23.7 Å². The van der Waals surface area contributed by atoms with E-state index < -0.39 is 28.7 Å². The predicted octanol–water partition coefficient (Wildman–Crippen LogP) is 3.46. The number of nitrogens with one attached hydrogen (secondary N) is 1. The first-order chi connectivity index (χ1) is 13.4. The lowest BCUT2D eigenvalue weighted by Gasteiger charge is -2.14. The highest BCUT2D eigenvalue weighted by atomic mass is 35.5. The molecule has 2 aromatic rings. The number of hydrogen-bond donors (Lipinski definition) is 1. The van der Waals surface area contributed by atoms with Gasteiger partial charge in [-0.25, -0.2) is 12.7 Å². The highest BCUT2D eigenvalue weighted by Crippen LogP contribution is 2.25. The predicted molar refractivity (Wildman–Crippen MR) is 101 cm³/mol. The van der Waals surface area contributed by atoms with Crippen molar-refractivity contribution >= 4 is 27.5 Å². The summed E-state index contributed by atoms with van der Waals surface area (Å²) in [4.78, 5) is 12.2. The van der Waals surface area contributed by atoms with Crippen molar-refractivity contribution in [1.82, 2.24) is 9.62 Å². The molecule has 2 rings (SSSR count). The van der Waals surface area contributed by atoms with Gasteiger partial charge in [0, 0.05) is 26.2 Å². The Kier molecular flexibility index (Phi) is 7.15. The third-order valence-corrected chi connectivity index (χ3v) is 6.03. The minimum absolute atomic E-state index is 0.00954. The molecule has 0 spiro atoms. The minimum atomic E-state index is -4.43.